The van der Waals surface area contributed by atoms with E-state index in [4.69, 9.17) is 0 Å². The van der Waals surface area contributed by atoms with Crippen molar-refractivity contribution in [3.63, 3.8) is 0 Å². The number of aromatic nitrogens is 4. The molecule has 1 aromatic heterocycles. The van der Waals surface area contributed by atoms with Crippen molar-refractivity contribution in [2.75, 3.05) is 6.61 Å². The van der Waals surface area contributed by atoms with Gasteiger partial charge in [0.2, 0.25) is 0 Å². The fourth-order valence-corrected chi connectivity index (χ4v) is 1.82. The average molecular weight is 297 g/mol. The van der Waals surface area contributed by atoms with E-state index in [2.05, 4.69) is 36.2 Å². The second kappa shape index (κ2) is 5.53. The standard InChI is InChI=1S/C10H9BrN4O2/c11-8-3-1-2-4-9(8)15-10(12-13-14-15)5-6-17-7-16/h1-4,7H,5-6H2. The van der Waals surface area contributed by atoms with Crippen LogP contribution in [0.5, 0.6) is 0 Å². The van der Waals surface area contributed by atoms with Crippen LogP contribution in [0.25, 0.3) is 5.69 Å². The van der Waals surface area contributed by atoms with Gasteiger partial charge in [-0.25, -0.2) is 0 Å². The zero-order valence-corrected chi connectivity index (χ0v) is 10.4. The molecule has 0 aliphatic rings. The lowest BCUT2D eigenvalue weighted by atomic mass is 10.3. The Hall–Kier alpha value is -1.76. The number of rotatable bonds is 5. The molecule has 0 bridgehead atoms. The van der Waals surface area contributed by atoms with Crippen LogP contribution < -0.4 is 0 Å². The van der Waals surface area contributed by atoms with Crippen LogP contribution in [-0.2, 0) is 16.0 Å². The Morgan fingerprint density at radius 2 is 2.24 bits per heavy atom. The summed E-state index contributed by atoms with van der Waals surface area (Å²) in [5.41, 5.74) is 0.846. The second-order valence-corrected chi connectivity index (χ2v) is 4.03. The summed E-state index contributed by atoms with van der Waals surface area (Å²) in [6.45, 7) is 0.668. The summed E-state index contributed by atoms with van der Waals surface area (Å²) in [5, 5.41) is 11.4. The van der Waals surface area contributed by atoms with Gasteiger partial charge in [-0.05, 0) is 38.5 Å². The van der Waals surface area contributed by atoms with Gasteiger partial charge >= 0.3 is 0 Å². The number of hydrogen-bond donors (Lipinski definition) is 0. The van der Waals surface area contributed by atoms with Gasteiger partial charge in [0.25, 0.3) is 6.47 Å². The Labute approximate surface area is 106 Å². The number of para-hydroxylation sites is 1. The van der Waals surface area contributed by atoms with Gasteiger partial charge in [0.05, 0.1) is 12.3 Å². The van der Waals surface area contributed by atoms with Gasteiger partial charge in [0, 0.05) is 10.9 Å². The van der Waals surface area contributed by atoms with E-state index in [9.17, 15) is 4.79 Å². The van der Waals surface area contributed by atoms with Crippen LogP contribution in [0.1, 0.15) is 5.82 Å². The summed E-state index contributed by atoms with van der Waals surface area (Å²) in [5.74, 6) is 0.638. The fourth-order valence-electron chi connectivity index (χ4n) is 1.37. The number of hydrogen-bond acceptors (Lipinski definition) is 5. The van der Waals surface area contributed by atoms with E-state index in [-0.39, 0.29) is 6.61 Å². The van der Waals surface area contributed by atoms with Gasteiger partial charge in [0.1, 0.15) is 0 Å². The fraction of sp³-hybridized carbons (Fsp3) is 0.200. The molecule has 88 valence electrons. The minimum atomic E-state index is 0.258. The Bertz CT molecular complexity index is 515. The lowest BCUT2D eigenvalue weighted by Crippen LogP contribution is -2.07. The molecule has 2 aromatic rings. The number of halogens is 1. The lowest BCUT2D eigenvalue weighted by Gasteiger charge is -2.05. The quantitative estimate of drug-likeness (QED) is 0.611. The van der Waals surface area contributed by atoms with Crippen LogP contribution >= 0.6 is 15.9 Å². The first kappa shape index (κ1) is 11.7. The number of tetrazole rings is 1. The Balaban J connectivity index is 2.24. The normalized spacial score (nSPS) is 10.2. The summed E-state index contributed by atoms with van der Waals surface area (Å²) in [4.78, 5) is 10.1. The molecular formula is C10H9BrN4O2. The lowest BCUT2D eigenvalue weighted by molar-refractivity contribution is -0.128. The second-order valence-electron chi connectivity index (χ2n) is 3.18. The van der Waals surface area contributed by atoms with E-state index in [1.165, 1.54) is 0 Å². The Morgan fingerprint density at radius 1 is 1.41 bits per heavy atom. The highest BCUT2D eigenvalue weighted by Crippen LogP contribution is 2.20. The molecule has 0 atom stereocenters. The molecule has 1 aromatic carbocycles. The number of nitrogens with zero attached hydrogens (tertiary/aromatic N) is 4. The van der Waals surface area contributed by atoms with Crippen molar-refractivity contribution in [2.24, 2.45) is 0 Å². The molecule has 0 unspecified atom stereocenters. The maximum Gasteiger partial charge on any atom is 0.293 e. The van der Waals surface area contributed by atoms with Crippen LogP contribution in [0.15, 0.2) is 28.7 Å². The van der Waals surface area contributed by atoms with Gasteiger partial charge in [-0.3, -0.25) is 4.79 Å². The van der Waals surface area contributed by atoms with Crippen molar-refractivity contribution in [2.45, 2.75) is 6.42 Å². The topological polar surface area (TPSA) is 69.9 Å². The minimum Gasteiger partial charge on any atom is -0.467 e. The molecule has 0 saturated heterocycles. The number of ether oxygens (including phenoxy) is 1. The molecule has 6 nitrogen and oxygen atoms in total. The molecule has 1 heterocycles. The zero-order chi connectivity index (χ0) is 12.1. The van der Waals surface area contributed by atoms with Gasteiger partial charge in [0.15, 0.2) is 5.82 Å². The predicted molar refractivity (Wildman–Crippen MR) is 62.6 cm³/mol. The third-order valence-corrected chi connectivity index (χ3v) is 2.80. The summed E-state index contributed by atoms with van der Waals surface area (Å²) in [6, 6.07) is 7.60. The summed E-state index contributed by atoms with van der Waals surface area (Å²) < 4.78 is 7.13. The number of benzene rings is 1. The molecule has 17 heavy (non-hydrogen) atoms. The van der Waals surface area contributed by atoms with Crippen molar-refractivity contribution >= 4 is 22.4 Å². The Kier molecular flexibility index (Phi) is 3.81. The largest absolute Gasteiger partial charge is 0.467 e. The van der Waals surface area contributed by atoms with E-state index >= 15 is 0 Å². The molecule has 0 aliphatic carbocycles. The van der Waals surface area contributed by atoms with Crippen molar-refractivity contribution < 1.29 is 9.53 Å². The smallest absolute Gasteiger partial charge is 0.293 e. The first-order valence-corrected chi connectivity index (χ1v) is 5.69. The van der Waals surface area contributed by atoms with Gasteiger partial charge in [-0.1, -0.05) is 12.1 Å². The number of carbonyl (C=O) groups is 1. The van der Waals surface area contributed by atoms with Crippen LogP contribution in [0.3, 0.4) is 0 Å². The average Bonchev–Trinajstić information content (AvgIpc) is 2.78. The highest BCUT2D eigenvalue weighted by atomic mass is 79.9. The monoisotopic (exact) mass is 296 g/mol. The molecule has 0 fully saturated rings. The zero-order valence-electron chi connectivity index (χ0n) is 8.78. The molecular weight excluding hydrogens is 288 g/mol. The summed E-state index contributed by atoms with van der Waals surface area (Å²) in [7, 11) is 0. The predicted octanol–water partition coefficient (Wildman–Crippen LogP) is 1.14. The van der Waals surface area contributed by atoms with Crippen LogP contribution in [0.2, 0.25) is 0 Å². The third-order valence-electron chi connectivity index (χ3n) is 2.13. The minimum absolute atomic E-state index is 0.258. The van der Waals surface area contributed by atoms with E-state index in [0.717, 1.165) is 10.2 Å². The Morgan fingerprint density at radius 3 is 3.00 bits per heavy atom. The van der Waals surface area contributed by atoms with Crippen molar-refractivity contribution in [3.8, 4) is 5.69 Å². The van der Waals surface area contributed by atoms with Crippen LogP contribution in [-0.4, -0.2) is 33.3 Å². The molecule has 0 radical (unpaired) electrons. The molecule has 0 N–H and O–H groups in total. The van der Waals surface area contributed by atoms with Gasteiger partial charge < -0.3 is 4.74 Å². The highest BCUT2D eigenvalue weighted by Gasteiger charge is 2.10. The molecule has 0 saturated carbocycles. The highest BCUT2D eigenvalue weighted by molar-refractivity contribution is 9.10. The number of carbonyl (C=O) groups excluding carboxylic acids is 1. The first-order valence-electron chi connectivity index (χ1n) is 4.90. The van der Waals surface area contributed by atoms with Gasteiger partial charge in [-0.15, -0.1) is 5.10 Å². The summed E-state index contributed by atoms with van der Waals surface area (Å²) in [6.07, 6.45) is 0.465. The van der Waals surface area contributed by atoms with Crippen molar-refractivity contribution in [1.82, 2.24) is 20.2 Å². The molecule has 0 amide bonds. The van der Waals surface area contributed by atoms with Crippen LogP contribution in [0, 0.1) is 0 Å². The third kappa shape index (κ3) is 2.68. The first-order chi connectivity index (χ1) is 8.33. The van der Waals surface area contributed by atoms with Crippen LogP contribution in [0.4, 0.5) is 0 Å². The maximum absolute atomic E-state index is 10.1. The maximum atomic E-state index is 10.1. The molecule has 0 spiro atoms. The summed E-state index contributed by atoms with van der Waals surface area (Å²) >= 11 is 3.43. The van der Waals surface area contributed by atoms with E-state index in [1.54, 1.807) is 4.68 Å². The molecule has 7 heteroatoms. The van der Waals surface area contributed by atoms with E-state index in [1.807, 2.05) is 24.3 Å². The molecule has 0 aliphatic heterocycles. The van der Waals surface area contributed by atoms with E-state index < -0.39 is 0 Å². The SMILES string of the molecule is O=COCCc1nnnn1-c1ccccc1Br. The van der Waals surface area contributed by atoms with Gasteiger partial charge in [-0.2, -0.15) is 4.68 Å². The van der Waals surface area contributed by atoms with Crippen molar-refractivity contribution in [3.05, 3.63) is 34.6 Å². The molecule has 2 rings (SSSR count). The van der Waals surface area contributed by atoms with Crippen molar-refractivity contribution in [1.29, 1.82) is 0 Å². The van der Waals surface area contributed by atoms with E-state index in [0.29, 0.717) is 18.7 Å².